The summed E-state index contributed by atoms with van der Waals surface area (Å²) in [7, 11) is -3.74. The third-order valence-electron chi connectivity index (χ3n) is 3.98. The van der Waals surface area contributed by atoms with Crippen LogP contribution in [0.4, 0.5) is 0 Å². The fourth-order valence-electron chi connectivity index (χ4n) is 2.61. The van der Waals surface area contributed by atoms with Crippen LogP contribution in [0.15, 0.2) is 30.3 Å². The van der Waals surface area contributed by atoms with Crippen molar-refractivity contribution in [3.8, 4) is 0 Å². The molecule has 0 fully saturated rings. The predicted octanol–water partition coefficient (Wildman–Crippen LogP) is 0.927. The van der Waals surface area contributed by atoms with Crippen molar-refractivity contribution in [1.29, 1.82) is 0 Å². The summed E-state index contributed by atoms with van der Waals surface area (Å²) in [6.45, 7) is -0.594. The van der Waals surface area contributed by atoms with Gasteiger partial charge in [0.25, 0.3) is 16.0 Å². The molecule has 0 aliphatic rings. The maximum absolute atomic E-state index is 13.1. The normalized spacial score (nSPS) is 13.4. The van der Waals surface area contributed by atoms with E-state index in [9.17, 15) is 27.9 Å². The molecule has 162 valence electrons. The minimum atomic E-state index is -3.74. The fraction of sp³-hybridized carbons (Fsp3) is 0.471. The number of halogens is 1. The number of alkyl halides is 1. The standard InChI is InChI=1S/C17H23ClN2O8S/c1-29(26,27)28-12-11-19-20(15(23)13-5-3-2-4-6-13)17(9-10-18,16(24)25)8-7-14(21)22/h2-6,19H,7-12H2,1H3,(H,21,22)(H,24,25)/t17-/m1/s1. The van der Waals surface area contributed by atoms with Gasteiger partial charge in [0.2, 0.25) is 0 Å². The lowest BCUT2D eigenvalue weighted by Crippen LogP contribution is -2.63. The SMILES string of the molecule is CS(=O)(=O)OCCNN(C(=O)c1ccccc1)[C@@](CCCl)(CCC(=O)O)C(=O)O. The number of hydrazine groups is 1. The molecule has 10 nitrogen and oxygen atoms in total. The van der Waals surface area contributed by atoms with E-state index in [1.54, 1.807) is 18.2 Å². The van der Waals surface area contributed by atoms with Crippen LogP contribution in [-0.4, -0.2) is 72.3 Å². The molecule has 1 atom stereocenters. The fourth-order valence-corrected chi connectivity index (χ4v) is 3.30. The molecule has 0 heterocycles. The van der Waals surface area contributed by atoms with Crippen LogP contribution >= 0.6 is 11.6 Å². The second-order valence-electron chi connectivity index (χ2n) is 6.11. The van der Waals surface area contributed by atoms with Crippen molar-refractivity contribution >= 4 is 39.6 Å². The van der Waals surface area contributed by atoms with Crippen molar-refractivity contribution in [2.75, 3.05) is 25.3 Å². The number of aliphatic carboxylic acids is 2. The summed E-state index contributed by atoms with van der Waals surface area (Å²) < 4.78 is 26.8. The molecule has 0 aliphatic carbocycles. The Bertz CT molecular complexity index is 818. The van der Waals surface area contributed by atoms with Gasteiger partial charge in [0, 0.05) is 24.4 Å². The van der Waals surface area contributed by atoms with E-state index in [1.807, 2.05) is 0 Å². The van der Waals surface area contributed by atoms with Gasteiger partial charge in [-0.05, 0) is 25.0 Å². The molecule has 0 aliphatic heterocycles. The van der Waals surface area contributed by atoms with E-state index in [0.717, 1.165) is 11.3 Å². The topological polar surface area (TPSA) is 150 Å². The van der Waals surface area contributed by atoms with Crippen LogP contribution in [0.3, 0.4) is 0 Å². The van der Waals surface area contributed by atoms with E-state index in [1.165, 1.54) is 12.1 Å². The quantitative estimate of drug-likeness (QED) is 0.172. The highest BCUT2D eigenvalue weighted by atomic mass is 35.5. The van der Waals surface area contributed by atoms with E-state index in [2.05, 4.69) is 9.61 Å². The van der Waals surface area contributed by atoms with Crippen LogP contribution in [0.25, 0.3) is 0 Å². The third kappa shape index (κ3) is 7.61. The average Bonchev–Trinajstić information content (AvgIpc) is 2.64. The van der Waals surface area contributed by atoms with Crippen LogP contribution in [0.2, 0.25) is 0 Å². The Balaban J connectivity index is 3.28. The van der Waals surface area contributed by atoms with Crippen LogP contribution in [-0.2, 0) is 23.9 Å². The van der Waals surface area contributed by atoms with Crippen molar-refractivity contribution in [1.82, 2.24) is 10.4 Å². The number of hydrogen-bond donors (Lipinski definition) is 3. The number of hydrogen-bond acceptors (Lipinski definition) is 7. The van der Waals surface area contributed by atoms with Crippen molar-refractivity contribution in [3.05, 3.63) is 35.9 Å². The summed E-state index contributed by atoms with van der Waals surface area (Å²) in [6, 6.07) is 7.77. The first-order valence-corrected chi connectivity index (χ1v) is 10.9. The van der Waals surface area contributed by atoms with Crippen LogP contribution < -0.4 is 5.43 Å². The highest BCUT2D eigenvalue weighted by Crippen LogP contribution is 2.28. The molecule has 12 heteroatoms. The number of carboxylic acids is 2. The zero-order chi connectivity index (χ0) is 22.1. The van der Waals surface area contributed by atoms with E-state index >= 15 is 0 Å². The molecule has 0 unspecified atom stereocenters. The summed E-state index contributed by atoms with van der Waals surface area (Å²) in [6.07, 6.45) is -0.330. The van der Waals surface area contributed by atoms with Gasteiger partial charge in [-0.3, -0.25) is 18.8 Å². The molecule has 0 radical (unpaired) electrons. The van der Waals surface area contributed by atoms with Gasteiger partial charge in [-0.2, -0.15) is 8.42 Å². The first-order valence-electron chi connectivity index (χ1n) is 8.52. The first-order chi connectivity index (χ1) is 13.5. The Hall–Kier alpha value is -2.21. The number of carbonyl (C=O) groups is 3. The molecule has 1 aromatic carbocycles. The van der Waals surface area contributed by atoms with Crippen molar-refractivity contribution in [3.63, 3.8) is 0 Å². The van der Waals surface area contributed by atoms with Gasteiger partial charge >= 0.3 is 11.9 Å². The second kappa shape index (κ2) is 11.1. The molecule has 1 rings (SSSR count). The van der Waals surface area contributed by atoms with E-state index in [4.69, 9.17) is 16.7 Å². The van der Waals surface area contributed by atoms with Crippen molar-refractivity contribution < 1.29 is 37.2 Å². The van der Waals surface area contributed by atoms with Gasteiger partial charge in [0.1, 0.15) is 0 Å². The number of nitrogens with one attached hydrogen (secondary N) is 1. The summed E-state index contributed by atoms with van der Waals surface area (Å²) >= 11 is 5.78. The lowest BCUT2D eigenvalue weighted by atomic mass is 9.88. The molecule has 3 N–H and O–H groups in total. The highest BCUT2D eigenvalue weighted by molar-refractivity contribution is 7.85. The average molecular weight is 451 g/mol. The Labute approximate surface area is 173 Å². The molecule has 1 amide bonds. The van der Waals surface area contributed by atoms with Gasteiger partial charge in [-0.25, -0.2) is 10.2 Å². The predicted molar refractivity (Wildman–Crippen MR) is 104 cm³/mol. The summed E-state index contributed by atoms with van der Waals surface area (Å²) in [4.78, 5) is 36.3. The van der Waals surface area contributed by atoms with Gasteiger partial charge in [0.15, 0.2) is 5.54 Å². The zero-order valence-electron chi connectivity index (χ0n) is 15.7. The lowest BCUT2D eigenvalue weighted by Gasteiger charge is -2.40. The summed E-state index contributed by atoms with van der Waals surface area (Å²) in [5.74, 6) is -3.58. The monoisotopic (exact) mass is 450 g/mol. The number of nitrogens with zero attached hydrogens (tertiary/aromatic N) is 1. The maximum atomic E-state index is 13.1. The smallest absolute Gasteiger partial charge is 0.331 e. The summed E-state index contributed by atoms with van der Waals surface area (Å²) in [5, 5.41) is 19.7. The minimum absolute atomic E-state index is 0.152. The summed E-state index contributed by atoms with van der Waals surface area (Å²) in [5.41, 5.74) is 0.762. The van der Waals surface area contributed by atoms with Crippen LogP contribution in [0.1, 0.15) is 29.6 Å². The zero-order valence-corrected chi connectivity index (χ0v) is 17.3. The molecular formula is C17H23ClN2O8S. The van der Waals surface area contributed by atoms with Crippen LogP contribution in [0.5, 0.6) is 0 Å². The molecule has 0 aromatic heterocycles. The minimum Gasteiger partial charge on any atom is -0.481 e. The van der Waals surface area contributed by atoms with E-state index < -0.39 is 46.3 Å². The number of carbonyl (C=O) groups excluding carboxylic acids is 1. The Morgan fingerprint density at radius 3 is 2.28 bits per heavy atom. The number of carboxylic acid groups (broad SMARTS) is 2. The number of rotatable bonds is 13. The number of amides is 1. The third-order valence-corrected chi connectivity index (χ3v) is 4.76. The van der Waals surface area contributed by atoms with Gasteiger partial charge in [-0.15, -0.1) is 11.6 Å². The van der Waals surface area contributed by atoms with Gasteiger partial charge < -0.3 is 10.2 Å². The molecule has 1 aromatic rings. The molecule has 0 bridgehead atoms. The molecule has 0 spiro atoms. The second-order valence-corrected chi connectivity index (χ2v) is 8.13. The first kappa shape index (κ1) is 24.8. The Kier molecular flexibility index (Phi) is 9.50. The Morgan fingerprint density at radius 2 is 1.79 bits per heavy atom. The molecule has 29 heavy (non-hydrogen) atoms. The van der Waals surface area contributed by atoms with Crippen molar-refractivity contribution in [2.24, 2.45) is 0 Å². The largest absolute Gasteiger partial charge is 0.481 e. The Morgan fingerprint density at radius 1 is 1.17 bits per heavy atom. The maximum Gasteiger partial charge on any atom is 0.331 e. The highest BCUT2D eigenvalue weighted by Gasteiger charge is 2.47. The van der Waals surface area contributed by atoms with Gasteiger partial charge in [-0.1, -0.05) is 18.2 Å². The van der Waals surface area contributed by atoms with E-state index in [-0.39, 0.29) is 31.0 Å². The van der Waals surface area contributed by atoms with Gasteiger partial charge in [0.05, 0.1) is 12.9 Å². The van der Waals surface area contributed by atoms with Crippen molar-refractivity contribution in [2.45, 2.75) is 24.8 Å². The number of benzene rings is 1. The molecular weight excluding hydrogens is 428 g/mol. The molecule has 0 saturated carbocycles. The molecule has 0 saturated heterocycles. The van der Waals surface area contributed by atoms with E-state index in [0.29, 0.717) is 0 Å². The van der Waals surface area contributed by atoms with Crippen LogP contribution in [0, 0.1) is 0 Å². The lowest BCUT2D eigenvalue weighted by molar-refractivity contribution is -0.154.